The van der Waals surface area contributed by atoms with Gasteiger partial charge in [-0.05, 0) is 18.1 Å². The van der Waals surface area contributed by atoms with Crippen molar-refractivity contribution in [3.05, 3.63) is 40.9 Å². The third-order valence-electron chi connectivity index (χ3n) is 4.15. The average Bonchev–Trinajstić information content (AvgIpc) is 3.04. The number of carbonyl (C=O) groups excluding carboxylic acids is 1. The molecule has 1 aliphatic rings. The highest BCUT2D eigenvalue weighted by Gasteiger charge is 2.21. The highest BCUT2D eigenvalue weighted by Crippen LogP contribution is 2.32. The molecule has 0 bridgehead atoms. The van der Waals surface area contributed by atoms with Crippen LogP contribution in [0.25, 0.3) is 0 Å². The van der Waals surface area contributed by atoms with E-state index in [1.54, 1.807) is 11.8 Å². The van der Waals surface area contributed by atoms with Gasteiger partial charge in [-0.15, -0.1) is 11.3 Å². The maximum Gasteiger partial charge on any atom is 0.230 e. The number of benzene rings is 1. The minimum absolute atomic E-state index is 0.0110. The molecule has 1 aromatic heterocycles. The van der Waals surface area contributed by atoms with Crippen molar-refractivity contribution in [3.63, 3.8) is 0 Å². The molecule has 1 aliphatic heterocycles. The first kappa shape index (κ1) is 17.1. The molecule has 2 heterocycles. The van der Waals surface area contributed by atoms with Gasteiger partial charge in [-0.25, -0.2) is 4.98 Å². The number of thiazole rings is 1. The van der Waals surface area contributed by atoms with Gasteiger partial charge < -0.3 is 4.74 Å². The van der Waals surface area contributed by atoms with Gasteiger partial charge in [0.25, 0.3) is 0 Å². The summed E-state index contributed by atoms with van der Waals surface area (Å²) in [5.74, 6) is -0.0110. The lowest BCUT2D eigenvalue weighted by Crippen LogP contribution is -2.35. The second-order valence-corrected chi connectivity index (χ2v) is 6.68. The molecule has 0 radical (unpaired) electrons. The number of aromatic nitrogens is 1. The van der Waals surface area contributed by atoms with Crippen molar-refractivity contribution in [2.45, 2.75) is 26.8 Å². The first-order valence-corrected chi connectivity index (χ1v) is 9.20. The normalized spacial score (nSPS) is 15.4. The van der Waals surface area contributed by atoms with Gasteiger partial charge in [0.1, 0.15) is 0 Å². The number of carbonyl (C=O) groups is 1. The van der Waals surface area contributed by atoms with Crippen molar-refractivity contribution in [3.8, 4) is 0 Å². The summed E-state index contributed by atoms with van der Waals surface area (Å²) in [7, 11) is 0. The van der Waals surface area contributed by atoms with Crippen molar-refractivity contribution in [2.75, 3.05) is 31.2 Å². The van der Waals surface area contributed by atoms with Gasteiger partial charge >= 0.3 is 0 Å². The molecule has 0 atom stereocenters. The molecule has 2 aromatic rings. The molecule has 24 heavy (non-hydrogen) atoms. The second kappa shape index (κ2) is 7.88. The largest absolute Gasteiger partial charge is 0.379 e. The smallest absolute Gasteiger partial charge is 0.230 e. The molecule has 6 heteroatoms. The fourth-order valence-corrected chi connectivity index (χ4v) is 3.77. The van der Waals surface area contributed by atoms with Crippen LogP contribution in [0, 0.1) is 0 Å². The van der Waals surface area contributed by atoms with E-state index in [-0.39, 0.29) is 5.91 Å². The molecule has 1 saturated heterocycles. The number of rotatable bonds is 5. The number of hydrogen-bond acceptors (Lipinski definition) is 5. The number of hydrogen-bond donors (Lipinski definition) is 0. The molecule has 5 nitrogen and oxygen atoms in total. The molecule has 0 saturated carbocycles. The summed E-state index contributed by atoms with van der Waals surface area (Å²) < 4.78 is 5.38. The van der Waals surface area contributed by atoms with E-state index in [9.17, 15) is 4.79 Å². The third-order valence-corrected chi connectivity index (χ3v) is 5.02. The molecule has 1 aromatic carbocycles. The molecule has 0 N–H and O–H groups in total. The number of anilines is 2. The van der Waals surface area contributed by atoms with Crippen LogP contribution in [0.4, 0.5) is 10.8 Å². The minimum atomic E-state index is -0.0110. The van der Waals surface area contributed by atoms with Crippen LogP contribution < -0.4 is 4.90 Å². The van der Waals surface area contributed by atoms with Crippen molar-refractivity contribution < 1.29 is 9.53 Å². The standard InChI is InChI=1S/C18H23N3O2S/c1-3-15-6-4-5-7-17(15)21(14(2)22)18-19-16(13-24-18)12-20-8-10-23-11-9-20/h4-7,13H,3,8-12H2,1-2H3. The van der Waals surface area contributed by atoms with E-state index >= 15 is 0 Å². The Kier molecular flexibility index (Phi) is 5.60. The topological polar surface area (TPSA) is 45.7 Å². The summed E-state index contributed by atoms with van der Waals surface area (Å²) >= 11 is 1.52. The van der Waals surface area contributed by atoms with E-state index in [1.807, 2.05) is 18.2 Å². The first-order chi connectivity index (χ1) is 11.7. The zero-order chi connectivity index (χ0) is 16.9. The van der Waals surface area contributed by atoms with Crippen molar-refractivity contribution >= 4 is 28.1 Å². The summed E-state index contributed by atoms with van der Waals surface area (Å²) in [6.07, 6.45) is 0.881. The monoisotopic (exact) mass is 345 g/mol. The molecule has 128 valence electrons. The number of para-hydroxylation sites is 1. The lowest BCUT2D eigenvalue weighted by Gasteiger charge is -2.25. The summed E-state index contributed by atoms with van der Waals surface area (Å²) in [5, 5.41) is 2.79. The quantitative estimate of drug-likeness (QED) is 0.835. The summed E-state index contributed by atoms with van der Waals surface area (Å²) in [5.41, 5.74) is 3.09. The highest BCUT2D eigenvalue weighted by molar-refractivity contribution is 7.14. The van der Waals surface area contributed by atoms with Gasteiger partial charge in [0.05, 0.1) is 24.6 Å². The Balaban J connectivity index is 1.83. The summed E-state index contributed by atoms with van der Waals surface area (Å²) in [6.45, 7) is 7.92. The van der Waals surface area contributed by atoms with Gasteiger partial charge in [0.2, 0.25) is 5.91 Å². The Morgan fingerprint density at radius 3 is 2.79 bits per heavy atom. The number of amides is 1. The van der Waals surface area contributed by atoms with Crippen LogP contribution in [-0.2, 0) is 22.5 Å². The molecule has 0 aliphatic carbocycles. The van der Waals surface area contributed by atoms with E-state index < -0.39 is 0 Å². The van der Waals surface area contributed by atoms with Crippen LogP contribution in [0.2, 0.25) is 0 Å². The van der Waals surface area contributed by atoms with Crippen LogP contribution >= 0.6 is 11.3 Å². The van der Waals surface area contributed by atoms with E-state index in [1.165, 1.54) is 11.3 Å². The average molecular weight is 345 g/mol. The molecule has 1 amide bonds. The van der Waals surface area contributed by atoms with Crippen molar-refractivity contribution in [2.24, 2.45) is 0 Å². The van der Waals surface area contributed by atoms with Crippen LogP contribution in [0.3, 0.4) is 0 Å². The van der Waals surface area contributed by atoms with Gasteiger partial charge in [0.15, 0.2) is 5.13 Å². The number of ether oxygens (including phenoxy) is 1. The molecular weight excluding hydrogens is 322 g/mol. The predicted molar refractivity (Wildman–Crippen MR) is 96.9 cm³/mol. The van der Waals surface area contributed by atoms with Gasteiger partial charge in [-0.1, -0.05) is 25.1 Å². The molecule has 3 rings (SSSR count). The summed E-state index contributed by atoms with van der Waals surface area (Å²) in [4.78, 5) is 21.1. The second-order valence-electron chi connectivity index (χ2n) is 5.85. The SMILES string of the molecule is CCc1ccccc1N(C(C)=O)c1nc(CN2CCOCC2)cs1. The van der Waals surface area contributed by atoms with Crippen molar-refractivity contribution in [1.82, 2.24) is 9.88 Å². The van der Waals surface area contributed by atoms with E-state index in [0.717, 1.165) is 61.3 Å². The predicted octanol–water partition coefficient (Wildman–Crippen LogP) is 3.22. The van der Waals surface area contributed by atoms with Gasteiger partial charge in [0, 0.05) is 31.9 Å². The maximum absolute atomic E-state index is 12.3. The van der Waals surface area contributed by atoms with E-state index in [2.05, 4.69) is 23.3 Å². The van der Waals surface area contributed by atoms with Gasteiger partial charge in [-0.3, -0.25) is 14.6 Å². The Morgan fingerprint density at radius 1 is 1.33 bits per heavy atom. The van der Waals surface area contributed by atoms with Gasteiger partial charge in [-0.2, -0.15) is 0 Å². The van der Waals surface area contributed by atoms with E-state index in [0.29, 0.717) is 0 Å². The zero-order valence-electron chi connectivity index (χ0n) is 14.2. The fourth-order valence-electron chi connectivity index (χ4n) is 2.90. The minimum Gasteiger partial charge on any atom is -0.379 e. The van der Waals surface area contributed by atoms with E-state index in [4.69, 9.17) is 9.72 Å². The Morgan fingerprint density at radius 2 is 2.08 bits per heavy atom. The number of morpholine rings is 1. The highest BCUT2D eigenvalue weighted by atomic mass is 32.1. The fraction of sp³-hybridized carbons (Fsp3) is 0.444. The van der Waals surface area contributed by atoms with Crippen LogP contribution in [-0.4, -0.2) is 42.1 Å². The first-order valence-electron chi connectivity index (χ1n) is 8.32. The molecule has 0 unspecified atom stereocenters. The number of nitrogens with zero attached hydrogens (tertiary/aromatic N) is 3. The van der Waals surface area contributed by atoms with Crippen molar-refractivity contribution in [1.29, 1.82) is 0 Å². The third kappa shape index (κ3) is 3.83. The molecule has 0 spiro atoms. The molecular formula is C18H23N3O2S. The zero-order valence-corrected chi connectivity index (χ0v) is 15.0. The number of aryl methyl sites for hydroxylation is 1. The van der Waals surface area contributed by atoms with Crippen LogP contribution in [0.1, 0.15) is 25.1 Å². The lowest BCUT2D eigenvalue weighted by molar-refractivity contribution is -0.115. The molecule has 1 fully saturated rings. The maximum atomic E-state index is 12.3. The summed E-state index contributed by atoms with van der Waals surface area (Å²) in [6, 6.07) is 8.02. The Bertz CT molecular complexity index is 695. The van der Waals surface area contributed by atoms with Crippen LogP contribution in [0.5, 0.6) is 0 Å². The van der Waals surface area contributed by atoms with Crippen LogP contribution in [0.15, 0.2) is 29.6 Å². The lowest BCUT2D eigenvalue weighted by atomic mass is 10.1. The Hall–Kier alpha value is -1.76. The Labute approximate surface area is 146 Å².